The van der Waals surface area contributed by atoms with Crippen molar-refractivity contribution >= 4 is 17.5 Å². The number of carbonyl (C=O) groups is 2. The van der Waals surface area contributed by atoms with Gasteiger partial charge in [0, 0.05) is 6.07 Å². The van der Waals surface area contributed by atoms with Gasteiger partial charge in [0.2, 0.25) is 0 Å². The Bertz CT molecular complexity index is 1350. The van der Waals surface area contributed by atoms with Gasteiger partial charge in [-0.2, -0.15) is 13.2 Å². The number of halogens is 6. The van der Waals surface area contributed by atoms with Gasteiger partial charge >= 0.3 is 12.5 Å². The summed E-state index contributed by atoms with van der Waals surface area (Å²) in [5.41, 5.74) is 2.59. The second kappa shape index (κ2) is 10.7. The lowest BCUT2D eigenvalue weighted by Gasteiger charge is -2.19. The van der Waals surface area contributed by atoms with E-state index in [-0.39, 0.29) is 22.9 Å². The van der Waals surface area contributed by atoms with Crippen LogP contribution in [-0.4, -0.2) is 42.4 Å². The molecule has 3 rings (SSSR count). The van der Waals surface area contributed by atoms with Crippen molar-refractivity contribution in [2.45, 2.75) is 12.5 Å². The number of nitrogens with one attached hydrogen (secondary N) is 1. The van der Waals surface area contributed by atoms with Gasteiger partial charge in [0.25, 0.3) is 11.8 Å². The molecule has 0 radical (unpaired) electrons. The molecule has 0 unspecified atom stereocenters. The van der Waals surface area contributed by atoms with E-state index in [4.69, 9.17) is 19.9 Å². The molecular weight excluding hydrogens is 530 g/mol. The summed E-state index contributed by atoms with van der Waals surface area (Å²) >= 11 is 0. The monoisotopic (exact) mass is 546 g/mol. The molecule has 2 heterocycles. The maximum absolute atomic E-state index is 13.6. The molecule has 2 amide bonds. The molecule has 10 nitrogen and oxygen atoms in total. The van der Waals surface area contributed by atoms with E-state index >= 15 is 0 Å². The first-order chi connectivity index (χ1) is 17.7. The van der Waals surface area contributed by atoms with Crippen molar-refractivity contribution in [1.29, 1.82) is 0 Å². The van der Waals surface area contributed by atoms with Crippen molar-refractivity contribution in [1.82, 2.24) is 9.97 Å². The number of nitrogens with two attached hydrogens (primary N) is 1. The van der Waals surface area contributed by atoms with Gasteiger partial charge in [-0.25, -0.2) is 9.97 Å². The van der Waals surface area contributed by atoms with Crippen molar-refractivity contribution in [3.63, 3.8) is 0 Å². The minimum absolute atomic E-state index is 0.0374. The second-order valence-corrected chi connectivity index (χ2v) is 7.09. The maximum atomic E-state index is 13.6. The van der Waals surface area contributed by atoms with Gasteiger partial charge in [-0.15, -0.1) is 13.2 Å². The van der Waals surface area contributed by atoms with Crippen LogP contribution in [0.3, 0.4) is 0 Å². The molecule has 0 spiro atoms. The summed E-state index contributed by atoms with van der Waals surface area (Å²) in [5.74, 6) is -4.90. The molecule has 0 fully saturated rings. The van der Waals surface area contributed by atoms with Crippen LogP contribution in [0.15, 0.2) is 42.7 Å². The summed E-state index contributed by atoms with van der Waals surface area (Å²) in [6.45, 7) is 0. The second-order valence-electron chi connectivity index (χ2n) is 7.09. The minimum atomic E-state index is -5.04. The number of pyridine rings is 2. The number of nitrogens with zero attached hydrogens (tertiary/aromatic N) is 2. The minimum Gasteiger partial charge on any atom is -0.493 e. The quantitative estimate of drug-likeness (QED) is 0.393. The zero-order valence-corrected chi connectivity index (χ0v) is 19.2. The molecule has 0 saturated carbocycles. The van der Waals surface area contributed by atoms with Gasteiger partial charge in [-0.3, -0.25) is 9.59 Å². The summed E-state index contributed by atoms with van der Waals surface area (Å²) < 4.78 is 97.6. The fourth-order valence-corrected chi connectivity index (χ4v) is 3.02. The smallest absolute Gasteiger partial charge is 0.493 e. The topological polar surface area (TPSA) is 135 Å². The largest absolute Gasteiger partial charge is 0.573 e. The number of amides is 2. The molecule has 3 N–H and O–H groups in total. The fourth-order valence-electron chi connectivity index (χ4n) is 3.02. The van der Waals surface area contributed by atoms with Crippen LogP contribution in [0.4, 0.5) is 32.0 Å². The molecule has 2 aromatic heterocycles. The molecule has 0 bridgehead atoms. The first-order valence-electron chi connectivity index (χ1n) is 10.1. The summed E-state index contributed by atoms with van der Waals surface area (Å²) in [7, 11) is 1.95. The third-order valence-electron chi connectivity index (χ3n) is 4.56. The van der Waals surface area contributed by atoms with E-state index in [0.29, 0.717) is 6.20 Å². The number of methoxy groups -OCH3 is 2. The molecule has 0 aliphatic heterocycles. The number of carbonyl (C=O) groups excluding carboxylic acids is 2. The summed E-state index contributed by atoms with van der Waals surface area (Å²) in [6.07, 6.45) is -8.45. The summed E-state index contributed by atoms with van der Waals surface area (Å²) in [5, 5.41) is 2.28. The van der Waals surface area contributed by atoms with Crippen LogP contribution in [-0.2, 0) is 6.18 Å². The van der Waals surface area contributed by atoms with Crippen LogP contribution in [0.25, 0.3) is 0 Å². The molecule has 3 aromatic rings. The zero-order chi connectivity index (χ0) is 28.3. The lowest BCUT2D eigenvalue weighted by Crippen LogP contribution is -2.19. The van der Waals surface area contributed by atoms with Crippen molar-refractivity contribution in [3.05, 3.63) is 59.7 Å². The number of anilines is 1. The van der Waals surface area contributed by atoms with Crippen molar-refractivity contribution in [3.8, 4) is 28.7 Å². The van der Waals surface area contributed by atoms with Gasteiger partial charge in [0.05, 0.1) is 32.3 Å². The molecule has 0 saturated heterocycles. The van der Waals surface area contributed by atoms with Crippen LogP contribution >= 0.6 is 0 Å². The molecule has 16 heteroatoms. The molecule has 0 aliphatic carbocycles. The molecule has 38 heavy (non-hydrogen) atoms. The molecule has 202 valence electrons. The highest BCUT2D eigenvalue weighted by Crippen LogP contribution is 2.43. The van der Waals surface area contributed by atoms with E-state index in [1.165, 1.54) is 6.07 Å². The Kier molecular flexibility index (Phi) is 7.83. The van der Waals surface area contributed by atoms with Gasteiger partial charge in [0.1, 0.15) is 17.0 Å². The number of hydrogen-bond donors (Lipinski definition) is 2. The number of hydrogen-bond acceptors (Lipinski definition) is 8. The number of rotatable bonds is 8. The molecule has 0 atom stereocenters. The number of alkyl halides is 6. The van der Waals surface area contributed by atoms with E-state index in [1.807, 2.05) is 0 Å². The van der Waals surface area contributed by atoms with Crippen molar-refractivity contribution in [2.24, 2.45) is 5.73 Å². The highest BCUT2D eigenvalue weighted by Gasteiger charge is 2.40. The Morgan fingerprint density at radius 1 is 0.895 bits per heavy atom. The predicted molar refractivity (Wildman–Crippen MR) is 116 cm³/mol. The zero-order valence-electron chi connectivity index (χ0n) is 19.2. The number of ether oxygens (including phenoxy) is 4. The summed E-state index contributed by atoms with van der Waals surface area (Å²) in [4.78, 5) is 31.3. The molecular formula is C22H16F6N4O6. The van der Waals surface area contributed by atoms with Gasteiger partial charge in [0.15, 0.2) is 28.7 Å². The number of primary amides is 1. The highest BCUT2D eigenvalue weighted by molar-refractivity contribution is 6.08. The number of benzene rings is 1. The van der Waals surface area contributed by atoms with E-state index in [0.717, 1.165) is 44.7 Å². The van der Waals surface area contributed by atoms with E-state index < -0.39 is 52.9 Å². The lowest BCUT2D eigenvalue weighted by molar-refractivity contribution is -0.274. The van der Waals surface area contributed by atoms with Crippen LogP contribution in [0, 0.1) is 0 Å². The first-order valence-corrected chi connectivity index (χ1v) is 10.1. The van der Waals surface area contributed by atoms with E-state index in [2.05, 4.69) is 20.0 Å². The average molecular weight is 546 g/mol. The first kappa shape index (κ1) is 27.8. The van der Waals surface area contributed by atoms with Crippen LogP contribution in [0.1, 0.15) is 26.5 Å². The average Bonchev–Trinajstić information content (AvgIpc) is 2.83. The lowest BCUT2D eigenvalue weighted by atomic mass is 10.1. The Hall–Kier alpha value is -4.76. The molecule has 0 aliphatic rings. The number of aromatic nitrogens is 2. The Morgan fingerprint density at radius 3 is 2.13 bits per heavy atom. The highest BCUT2D eigenvalue weighted by atomic mass is 19.4. The fraction of sp³-hybridized carbons (Fsp3) is 0.182. The maximum Gasteiger partial charge on any atom is 0.573 e. The van der Waals surface area contributed by atoms with Crippen LogP contribution < -0.4 is 30.0 Å². The van der Waals surface area contributed by atoms with Gasteiger partial charge < -0.3 is 30.0 Å². The third-order valence-corrected chi connectivity index (χ3v) is 4.56. The standard InChI is InChI=1S/C22H16F6N4O6/c1-35-14-7-11(38-22(26,27)28)4-6-13(14)37-15-9-31-18(21(23,24)25)17(36-2)16(15)20(34)32-10-3-5-12(19(29)33)30-8-10/h3-9H,1-2H3,(H2,29,33)(H,32,34). The molecule has 1 aromatic carbocycles. The van der Waals surface area contributed by atoms with Crippen LogP contribution in [0.5, 0.6) is 28.7 Å². The Morgan fingerprint density at radius 2 is 1.61 bits per heavy atom. The Balaban J connectivity index is 2.07. The van der Waals surface area contributed by atoms with Gasteiger partial charge in [-0.05, 0) is 24.3 Å². The SMILES string of the molecule is COc1cc(OC(F)(F)F)ccc1Oc1cnc(C(F)(F)F)c(OC)c1C(=O)Nc1ccc(C(N)=O)nc1. The van der Waals surface area contributed by atoms with Crippen LogP contribution in [0.2, 0.25) is 0 Å². The third kappa shape index (κ3) is 6.51. The Labute approximate surface area is 209 Å². The summed E-state index contributed by atoms with van der Waals surface area (Å²) in [6, 6.07) is 5.01. The predicted octanol–water partition coefficient (Wildman–Crippen LogP) is 4.55. The van der Waals surface area contributed by atoms with Crippen molar-refractivity contribution < 1.29 is 54.9 Å². The van der Waals surface area contributed by atoms with E-state index in [9.17, 15) is 35.9 Å². The van der Waals surface area contributed by atoms with Crippen molar-refractivity contribution in [2.75, 3.05) is 19.5 Å². The van der Waals surface area contributed by atoms with E-state index in [1.54, 1.807) is 0 Å². The normalized spacial score (nSPS) is 11.5. The van der Waals surface area contributed by atoms with Gasteiger partial charge in [-0.1, -0.05) is 0 Å².